The highest BCUT2D eigenvalue weighted by Gasteiger charge is 2.46. The Balaban J connectivity index is 1.77. The highest BCUT2D eigenvalue weighted by Crippen LogP contribution is 2.42. The highest BCUT2D eigenvalue weighted by molar-refractivity contribution is 4.91. The summed E-state index contributed by atoms with van der Waals surface area (Å²) in [5.41, 5.74) is 0. The first-order valence-electron chi connectivity index (χ1n) is 5.35. The smallest absolute Gasteiger partial charge is 0.169 e. The normalized spacial score (nSPS) is 42.5. The van der Waals surface area contributed by atoms with E-state index in [-0.39, 0.29) is 5.79 Å². The Hall–Kier alpha value is -0.120. The van der Waals surface area contributed by atoms with Crippen LogP contribution < -0.4 is 5.32 Å². The van der Waals surface area contributed by atoms with E-state index in [2.05, 4.69) is 5.32 Å². The fraction of sp³-hybridized carbons (Fsp3) is 1.00. The molecule has 2 saturated heterocycles. The maximum absolute atomic E-state index is 5.77. The molecule has 0 amide bonds. The molecule has 3 nitrogen and oxygen atoms in total. The van der Waals surface area contributed by atoms with Crippen molar-refractivity contribution in [3.05, 3.63) is 0 Å². The number of hydrogen-bond acceptors (Lipinski definition) is 3. The lowest BCUT2D eigenvalue weighted by Gasteiger charge is -2.43. The molecular weight excluding hydrogens is 166 g/mol. The zero-order chi connectivity index (χ0) is 8.73. The Morgan fingerprint density at radius 3 is 2.23 bits per heavy atom. The van der Waals surface area contributed by atoms with Gasteiger partial charge in [0.25, 0.3) is 0 Å². The zero-order valence-electron chi connectivity index (χ0n) is 7.92. The monoisotopic (exact) mass is 183 g/mol. The number of piperidine rings is 1. The van der Waals surface area contributed by atoms with Crippen LogP contribution in [0.1, 0.15) is 19.3 Å². The van der Waals surface area contributed by atoms with Gasteiger partial charge in [-0.1, -0.05) is 0 Å². The molecule has 13 heavy (non-hydrogen) atoms. The van der Waals surface area contributed by atoms with Crippen molar-refractivity contribution in [2.75, 3.05) is 26.3 Å². The SMILES string of the molecule is C1COC2(CC3CNCC(C3)C2)O1. The molecule has 0 aromatic carbocycles. The lowest BCUT2D eigenvalue weighted by atomic mass is 9.75. The van der Waals surface area contributed by atoms with Gasteiger partial charge in [-0.05, 0) is 31.3 Å². The average Bonchev–Trinajstić information content (AvgIpc) is 2.52. The Morgan fingerprint density at radius 1 is 1.00 bits per heavy atom. The third-order valence-corrected chi connectivity index (χ3v) is 3.55. The summed E-state index contributed by atoms with van der Waals surface area (Å²) in [5.74, 6) is 1.39. The molecule has 3 heteroatoms. The lowest BCUT2D eigenvalue weighted by molar-refractivity contribution is -0.201. The molecule has 3 aliphatic rings. The van der Waals surface area contributed by atoms with E-state index in [0.29, 0.717) is 0 Å². The second kappa shape index (κ2) is 2.94. The Bertz CT molecular complexity index is 187. The molecule has 2 atom stereocenters. The van der Waals surface area contributed by atoms with Gasteiger partial charge in [-0.15, -0.1) is 0 Å². The van der Waals surface area contributed by atoms with Crippen LogP contribution in [0, 0.1) is 11.8 Å². The van der Waals surface area contributed by atoms with Crippen molar-refractivity contribution in [3.8, 4) is 0 Å². The van der Waals surface area contributed by atoms with Crippen LogP contribution in [0.4, 0.5) is 0 Å². The van der Waals surface area contributed by atoms with Crippen LogP contribution in [0.25, 0.3) is 0 Å². The largest absolute Gasteiger partial charge is 0.348 e. The van der Waals surface area contributed by atoms with Crippen molar-refractivity contribution in [1.82, 2.24) is 5.32 Å². The molecular formula is C10H17NO2. The van der Waals surface area contributed by atoms with Crippen molar-refractivity contribution in [2.45, 2.75) is 25.0 Å². The number of ether oxygens (including phenoxy) is 2. The third kappa shape index (κ3) is 1.39. The first-order valence-corrected chi connectivity index (χ1v) is 5.35. The predicted octanol–water partition coefficient (Wildman–Crippen LogP) is 0.749. The molecule has 1 N–H and O–H groups in total. The van der Waals surface area contributed by atoms with Crippen LogP contribution in [0.5, 0.6) is 0 Å². The minimum absolute atomic E-state index is 0.171. The zero-order valence-corrected chi connectivity index (χ0v) is 7.92. The Labute approximate surface area is 78.8 Å². The van der Waals surface area contributed by atoms with Crippen LogP contribution in [-0.2, 0) is 9.47 Å². The lowest BCUT2D eigenvalue weighted by Crippen LogP contribution is -2.49. The molecule has 2 unspecified atom stereocenters. The second-order valence-corrected chi connectivity index (χ2v) is 4.64. The molecule has 2 heterocycles. The van der Waals surface area contributed by atoms with Crippen molar-refractivity contribution in [2.24, 2.45) is 11.8 Å². The summed E-state index contributed by atoms with van der Waals surface area (Å²) in [4.78, 5) is 0. The summed E-state index contributed by atoms with van der Waals surface area (Å²) in [6.45, 7) is 3.91. The van der Waals surface area contributed by atoms with Gasteiger partial charge in [-0.2, -0.15) is 0 Å². The summed E-state index contributed by atoms with van der Waals surface area (Å²) < 4.78 is 11.5. The summed E-state index contributed by atoms with van der Waals surface area (Å²) in [7, 11) is 0. The molecule has 1 spiro atoms. The maximum Gasteiger partial charge on any atom is 0.169 e. The number of hydrogen-bond donors (Lipinski definition) is 1. The van der Waals surface area contributed by atoms with Crippen LogP contribution in [0.2, 0.25) is 0 Å². The van der Waals surface area contributed by atoms with E-state index in [0.717, 1.165) is 51.0 Å². The van der Waals surface area contributed by atoms with Crippen molar-refractivity contribution >= 4 is 0 Å². The quantitative estimate of drug-likeness (QED) is 0.601. The van der Waals surface area contributed by atoms with Gasteiger partial charge in [0.1, 0.15) is 0 Å². The summed E-state index contributed by atoms with van der Waals surface area (Å²) in [6.07, 6.45) is 3.59. The molecule has 1 aliphatic carbocycles. The molecule has 74 valence electrons. The number of fused-ring (bicyclic) bond motifs is 2. The van der Waals surface area contributed by atoms with Gasteiger partial charge in [0.2, 0.25) is 0 Å². The van der Waals surface area contributed by atoms with Crippen LogP contribution in [0.15, 0.2) is 0 Å². The summed E-state index contributed by atoms with van der Waals surface area (Å²) in [6, 6.07) is 0. The minimum Gasteiger partial charge on any atom is -0.348 e. The third-order valence-electron chi connectivity index (χ3n) is 3.55. The predicted molar refractivity (Wildman–Crippen MR) is 48.3 cm³/mol. The standard InChI is InChI=1S/C10H17NO2/c1-2-13-10(12-1)4-8-3-9(5-10)7-11-6-8/h8-9,11H,1-7H2. The number of rotatable bonds is 0. The molecule has 0 aromatic rings. The highest BCUT2D eigenvalue weighted by atomic mass is 16.7. The maximum atomic E-state index is 5.77. The summed E-state index contributed by atoms with van der Waals surface area (Å²) in [5, 5.41) is 3.48. The van der Waals surface area contributed by atoms with E-state index >= 15 is 0 Å². The molecule has 3 fully saturated rings. The van der Waals surface area contributed by atoms with E-state index in [9.17, 15) is 0 Å². The van der Waals surface area contributed by atoms with Gasteiger partial charge in [-0.3, -0.25) is 0 Å². The molecule has 2 aliphatic heterocycles. The van der Waals surface area contributed by atoms with E-state index < -0.39 is 0 Å². The van der Waals surface area contributed by atoms with Crippen LogP contribution in [0.3, 0.4) is 0 Å². The Kier molecular flexibility index (Phi) is 1.86. The van der Waals surface area contributed by atoms with Crippen LogP contribution >= 0.6 is 0 Å². The van der Waals surface area contributed by atoms with Crippen molar-refractivity contribution in [1.29, 1.82) is 0 Å². The molecule has 2 bridgehead atoms. The van der Waals surface area contributed by atoms with Gasteiger partial charge in [-0.25, -0.2) is 0 Å². The molecule has 3 rings (SSSR count). The second-order valence-electron chi connectivity index (χ2n) is 4.64. The molecule has 0 radical (unpaired) electrons. The van der Waals surface area contributed by atoms with Crippen molar-refractivity contribution < 1.29 is 9.47 Å². The van der Waals surface area contributed by atoms with E-state index in [1.165, 1.54) is 6.42 Å². The summed E-state index contributed by atoms with van der Waals surface area (Å²) >= 11 is 0. The van der Waals surface area contributed by atoms with Crippen LogP contribution in [-0.4, -0.2) is 32.1 Å². The molecule has 1 saturated carbocycles. The van der Waals surface area contributed by atoms with E-state index in [4.69, 9.17) is 9.47 Å². The van der Waals surface area contributed by atoms with E-state index in [1.54, 1.807) is 0 Å². The first kappa shape index (κ1) is 8.21. The first-order chi connectivity index (χ1) is 6.36. The fourth-order valence-electron chi connectivity index (χ4n) is 3.14. The van der Waals surface area contributed by atoms with Gasteiger partial charge >= 0.3 is 0 Å². The minimum atomic E-state index is -0.171. The molecule has 0 aromatic heterocycles. The fourth-order valence-corrected chi connectivity index (χ4v) is 3.14. The Morgan fingerprint density at radius 2 is 1.62 bits per heavy atom. The number of nitrogens with one attached hydrogen (secondary N) is 1. The van der Waals surface area contributed by atoms with Gasteiger partial charge in [0.05, 0.1) is 13.2 Å². The topological polar surface area (TPSA) is 30.5 Å². The van der Waals surface area contributed by atoms with Gasteiger partial charge in [0, 0.05) is 12.8 Å². The average molecular weight is 183 g/mol. The van der Waals surface area contributed by atoms with Gasteiger partial charge in [0.15, 0.2) is 5.79 Å². The van der Waals surface area contributed by atoms with E-state index in [1.807, 2.05) is 0 Å². The van der Waals surface area contributed by atoms with Gasteiger partial charge < -0.3 is 14.8 Å². The van der Waals surface area contributed by atoms with Crippen molar-refractivity contribution in [3.63, 3.8) is 0 Å².